The van der Waals surface area contributed by atoms with Crippen LogP contribution in [-0.4, -0.2) is 22.3 Å². The van der Waals surface area contributed by atoms with Gasteiger partial charge in [-0.25, -0.2) is 0 Å². The second-order valence-electron chi connectivity index (χ2n) is 5.80. The Morgan fingerprint density at radius 3 is 2.46 bits per heavy atom. The predicted octanol–water partition coefficient (Wildman–Crippen LogP) is 4.99. The number of nitrogens with one attached hydrogen (secondary N) is 1. The van der Waals surface area contributed by atoms with Gasteiger partial charge in [-0.1, -0.05) is 12.1 Å². The van der Waals surface area contributed by atoms with E-state index in [9.17, 15) is 4.79 Å². The van der Waals surface area contributed by atoms with Crippen LogP contribution < -0.4 is 10.2 Å². The first-order valence-corrected chi connectivity index (χ1v) is 9.99. The normalized spacial score (nSPS) is 10.7. The number of H-pyrrole nitrogens is 1. The molecule has 0 aliphatic carbocycles. The molecule has 134 valence electrons. The topological polar surface area (TPSA) is 55.0 Å². The van der Waals surface area contributed by atoms with Gasteiger partial charge >= 0.3 is 0 Å². The lowest BCUT2D eigenvalue weighted by atomic mass is 10.0. The van der Waals surface area contributed by atoms with Crippen molar-refractivity contribution in [2.24, 2.45) is 0 Å². The van der Waals surface area contributed by atoms with Gasteiger partial charge in [0, 0.05) is 40.0 Å². The van der Waals surface area contributed by atoms with Gasteiger partial charge in [-0.05, 0) is 59.6 Å². The molecule has 1 N–H and O–H groups in total. The van der Waals surface area contributed by atoms with E-state index >= 15 is 0 Å². The molecule has 0 fully saturated rings. The number of pyridine rings is 2. The molecule has 0 unspecified atom stereocenters. The zero-order valence-corrected chi connectivity index (χ0v) is 17.0. The molecule has 0 atom stereocenters. The molecule has 4 nitrogen and oxygen atoms in total. The highest BCUT2D eigenvalue weighted by molar-refractivity contribution is 9.10. The van der Waals surface area contributed by atoms with E-state index in [-0.39, 0.29) is 5.43 Å². The van der Waals surface area contributed by atoms with Crippen LogP contribution in [0.4, 0.5) is 0 Å². The number of aromatic nitrogens is 2. The number of hydrogen-bond acceptors (Lipinski definition) is 4. The summed E-state index contributed by atoms with van der Waals surface area (Å²) in [6.07, 6.45) is 3.57. The number of ether oxygens (including phenoxy) is 1. The fourth-order valence-electron chi connectivity index (χ4n) is 2.67. The molecule has 0 aliphatic heterocycles. The molecule has 0 amide bonds. The lowest BCUT2D eigenvalue weighted by molar-refractivity contribution is 0.344. The van der Waals surface area contributed by atoms with Crippen molar-refractivity contribution in [3.8, 4) is 16.9 Å². The molecular formula is C20H19BrN2O2S. The summed E-state index contributed by atoms with van der Waals surface area (Å²) in [5.74, 6) is 1.65. The van der Waals surface area contributed by atoms with E-state index in [1.165, 1.54) is 4.90 Å². The first-order valence-electron chi connectivity index (χ1n) is 8.21. The van der Waals surface area contributed by atoms with Gasteiger partial charge < -0.3 is 9.72 Å². The largest absolute Gasteiger partial charge is 0.493 e. The van der Waals surface area contributed by atoms with Crippen molar-refractivity contribution in [1.82, 2.24) is 9.97 Å². The van der Waals surface area contributed by atoms with Crippen molar-refractivity contribution >= 4 is 27.7 Å². The van der Waals surface area contributed by atoms with E-state index < -0.39 is 0 Å². The Hall–Kier alpha value is -2.05. The van der Waals surface area contributed by atoms with Gasteiger partial charge in [-0.3, -0.25) is 9.78 Å². The van der Waals surface area contributed by atoms with E-state index in [0.29, 0.717) is 16.6 Å². The SMILES string of the molecule is Cc1[nH]c(C)c(-c2ccc(OCCSc3ccncc3)cc2)c(=O)c1Br. The van der Waals surface area contributed by atoms with Gasteiger partial charge in [0.1, 0.15) is 5.75 Å². The van der Waals surface area contributed by atoms with Gasteiger partial charge in [-0.2, -0.15) is 0 Å². The zero-order chi connectivity index (χ0) is 18.5. The molecule has 2 aromatic heterocycles. The van der Waals surface area contributed by atoms with Gasteiger partial charge in [-0.15, -0.1) is 11.8 Å². The van der Waals surface area contributed by atoms with E-state index in [4.69, 9.17) is 4.74 Å². The molecule has 0 saturated heterocycles. The Kier molecular flexibility index (Phi) is 6.16. The molecule has 26 heavy (non-hydrogen) atoms. The van der Waals surface area contributed by atoms with Crippen LogP contribution in [0.2, 0.25) is 0 Å². The Bertz CT molecular complexity index is 941. The standard InChI is InChI=1S/C20H19BrN2O2S/c1-13-18(20(24)19(21)14(2)23-13)15-3-5-16(6-4-15)25-11-12-26-17-7-9-22-10-8-17/h3-10H,11-12H2,1-2H3,(H,23,24). The fraction of sp³-hybridized carbons (Fsp3) is 0.200. The molecule has 1 aromatic carbocycles. The minimum Gasteiger partial charge on any atom is -0.493 e. The second kappa shape index (κ2) is 8.56. The molecule has 3 rings (SSSR count). The number of nitrogens with zero attached hydrogens (tertiary/aromatic N) is 1. The maximum absolute atomic E-state index is 12.5. The number of halogens is 1. The number of benzene rings is 1. The van der Waals surface area contributed by atoms with Crippen molar-refractivity contribution in [2.75, 3.05) is 12.4 Å². The van der Waals surface area contributed by atoms with Gasteiger partial charge in [0.2, 0.25) is 5.43 Å². The van der Waals surface area contributed by atoms with Gasteiger partial charge in [0.15, 0.2) is 0 Å². The Labute approximate surface area is 165 Å². The summed E-state index contributed by atoms with van der Waals surface area (Å²) in [6.45, 7) is 4.40. The Balaban J connectivity index is 1.64. The minimum absolute atomic E-state index is 0.00108. The van der Waals surface area contributed by atoms with Crippen LogP contribution in [0.25, 0.3) is 11.1 Å². The van der Waals surface area contributed by atoms with Crippen molar-refractivity contribution in [2.45, 2.75) is 18.7 Å². The van der Waals surface area contributed by atoms with Crippen LogP contribution in [0.3, 0.4) is 0 Å². The van der Waals surface area contributed by atoms with Crippen LogP contribution in [0.5, 0.6) is 5.75 Å². The summed E-state index contributed by atoms with van der Waals surface area (Å²) in [4.78, 5) is 21.0. The monoisotopic (exact) mass is 430 g/mol. The maximum Gasteiger partial charge on any atom is 0.204 e. The Morgan fingerprint density at radius 1 is 1.08 bits per heavy atom. The van der Waals surface area contributed by atoms with E-state index in [0.717, 1.165) is 28.5 Å². The summed E-state index contributed by atoms with van der Waals surface area (Å²) in [5, 5.41) is 0. The molecular weight excluding hydrogens is 412 g/mol. The van der Waals surface area contributed by atoms with Crippen LogP contribution in [0.1, 0.15) is 11.4 Å². The molecule has 0 radical (unpaired) electrons. The number of hydrogen-bond donors (Lipinski definition) is 1. The maximum atomic E-state index is 12.5. The number of rotatable bonds is 6. The lowest BCUT2D eigenvalue weighted by Gasteiger charge is -2.10. The zero-order valence-electron chi connectivity index (χ0n) is 14.6. The molecule has 6 heteroatoms. The van der Waals surface area contributed by atoms with Crippen molar-refractivity contribution in [1.29, 1.82) is 0 Å². The highest BCUT2D eigenvalue weighted by Crippen LogP contribution is 2.25. The van der Waals surface area contributed by atoms with Crippen molar-refractivity contribution < 1.29 is 4.74 Å². The summed E-state index contributed by atoms with van der Waals surface area (Å²) >= 11 is 5.09. The summed E-state index contributed by atoms with van der Waals surface area (Å²) in [5.41, 5.74) is 3.26. The van der Waals surface area contributed by atoms with E-state index in [1.54, 1.807) is 24.2 Å². The average Bonchev–Trinajstić information content (AvgIpc) is 2.65. The van der Waals surface area contributed by atoms with Crippen LogP contribution in [0, 0.1) is 13.8 Å². The first kappa shape index (κ1) is 18.7. The van der Waals surface area contributed by atoms with Gasteiger partial charge in [0.05, 0.1) is 11.1 Å². The average molecular weight is 431 g/mol. The summed E-state index contributed by atoms with van der Waals surface area (Å²) < 4.78 is 6.37. The molecule has 0 bridgehead atoms. The molecule has 3 aromatic rings. The van der Waals surface area contributed by atoms with Crippen LogP contribution in [-0.2, 0) is 0 Å². The van der Waals surface area contributed by atoms with E-state index in [2.05, 4.69) is 25.9 Å². The second-order valence-corrected chi connectivity index (χ2v) is 7.76. The molecule has 2 heterocycles. The van der Waals surface area contributed by atoms with Crippen molar-refractivity contribution in [3.05, 3.63) is 74.9 Å². The molecule has 0 aliphatic rings. The summed E-state index contributed by atoms with van der Waals surface area (Å²) in [7, 11) is 0. The third-order valence-corrected chi connectivity index (χ3v) is 5.85. The third-order valence-electron chi connectivity index (χ3n) is 3.92. The number of thioether (sulfide) groups is 1. The molecule has 0 spiro atoms. The minimum atomic E-state index is 0.00108. The Morgan fingerprint density at radius 2 is 1.77 bits per heavy atom. The quantitative estimate of drug-likeness (QED) is 0.442. The highest BCUT2D eigenvalue weighted by atomic mass is 79.9. The summed E-state index contributed by atoms with van der Waals surface area (Å²) in [6, 6.07) is 11.6. The first-order chi connectivity index (χ1) is 12.6. The van der Waals surface area contributed by atoms with E-state index in [1.807, 2.05) is 50.2 Å². The number of aromatic amines is 1. The van der Waals surface area contributed by atoms with Crippen LogP contribution in [0.15, 0.2) is 63.0 Å². The number of aryl methyl sites for hydroxylation is 2. The smallest absolute Gasteiger partial charge is 0.204 e. The van der Waals surface area contributed by atoms with Crippen molar-refractivity contribution in [3.63, 3.8) is 0 Å². The van der Waals surface area contributed by atoms with Crippen LogP contribution >= 0.6 is 27.7 Å². The lowest BCUT2D eigenvalue weighted by Crippen LogP contribution is -2.11. The van der Waals surface area contributed by atoms with Gasteiger partial charge in [0.25, 0.3) is 0 Å². The highest BCUT2D eigenvalue weighted by Gasteiger charge is 2.12. The fourth-order valence-corrected chi connectivity index (χ4v) is 3.68. The third kappa shape index (κ3) is 4.37. The molecule has 0 saturated carbocycles. The predicted molar refractivity (Wildman–Crippen MR) is 110 cm³/mol.